The second-order valence-corrected chi connectivity index (χ2v) is 5.32. The Morgan fingerprint density at radius 3 is 2.25 bits per heavy atom. The smallest absolute Gasteiger partial charge is 0.324 e. The Labute approximate surface area is 115 Å². The van der Waals surface area contributed by atoms with Crippen LogP contribution in [0.25, 0.3) is 0 Å². The van der Waals surface area contributed by atoms with Crippen molar-refractivity contribution in [2.45, 2.75) is 6.04 Å². The van der Waals surface area contributed by atoms with Crippen LogP contribution in [0.4, 0.5) is 0 Å². The number of aliphatic hydroxyl groups is 1. The van der Waals surface area contributed by atoms with Crippen LogP contribution in [0, 0.1) is 0 Å². The van der Waals surface area contributed by atoms with Crippen LogP contribution in [-0.2, 0) is 14.8 Å². The van der Waals surface area contributed by atoms with E-state index in [2.05, 4.69) is 0 Å². The minimum Gasteiger partial charge on any atom is -0.497 e. The van der Waals surface area contributed by atoms with Gasteiger partial charge in [0.25, 0.3) is 15.1 Å². The van der Waals surface area contributed by atoms with Gasteiger partial charge in [0.2, 0.25) is 0 Å². The topological polar surface area (TPSA) is 130 Å². The van der Waals surface area contributed by atoms with Gasteiger partial charge in [-0.1, -0.05) is 0 Å². The van der Waals surface area contributed by atoms with Crippen LogP contribution in [0.15, 0.2) is 24.3 Å². The molecule has 9 heteroatoms. The second kappa shape index (κ2) is 6.46. The molecule has 3 N–H and O–H groups in total. The first-order valence-corrected chi connectivity index (χ1v) is 6.84. The van der Waals surface area contributed by atoms with Crippen LogP contribution in [-0.4, -0.2) is 49.5 Å². The molecule has 0 spiro atoms. The number of sulfonamides is 1. The molecule has 0 aliphatic carbocycles. The van der Waals surface area contributed by atoms with E-state index in [0.29, 0.717) is 5.75 Å². The molecule has 0 aliphatic rings. The summed E-state index contributed by atoms with van der Waals surface area (Å²) in [6.07, 6.45) is 0. The van der Waals surface area contributed by atoms with E-state index in [0.717, 1.165) is 0 Å². The molecular formula is C11H13NO7S. The average Bonchev–Trinajstić information content (AvgIpc) is 2.43. The third-order valence-electron chi connectivity index (χ3n) is 2.35. The van der Waals surface area contributed by atoms with E-state index >= 15 is 0 Å². The SMILES string of the molecule is COc1ccc(C(=O)S(=O)(=O)NC(CO)C(=O)O)cc1. The molecule has 0 saturated carbocycles. The van der Waals surface area contributed by atoms with E-state index in [-0.39, 0.29) is 5.56 Å². The van der Waals surface area contributed by atoms with E-state index in [4.69, 9.17) is 14.9 Å². The molecule has 0 aromatic heterocycles. The third-order valence-corrected chi connectivity index (χ3v) is 3.67. The van der Waals surface area contributed by atoms with E-state index in [9.17, 15) is 18.0 Å². The van der Waals surface area contributed by atoms with Gasteiger partial charge in [-0.3, -0.25) is 9.59 Å². The van der Waals surface area contributed by atoms with Crippen molar-refractivity contribution in [3.8, 4) is 5.75 Å². The van der Waals surface area contributed by atoms with Crippen molar-refractivity contribution in [3.05, 3.63) is 29.8 Å². The number of aliphatic hydroxyl groups excluding tert-OH is 1. The van der Waals surface area contributed by atoms with Gasteiger partial charge in [0.05, 0.1) is 13.7 Å². The fourth-order valence-electron chi connectivity index (χ4n) is 1.29. The van der Waals surface area contributed by atoms with Gasteiger partial charge in [-0.15, -0.1) is 0 Å². The number of aliphatic carboxylic acids is 1. The van der Waals surface area contributed by atoms with Gasteiger partial charge in [0.1, 0.15) is 11.8 Å². The molecule has 0 radical (unpaired) electrons. The highest BCUT2D eigenvalue weighted by Crippen LogP contribution is 2.13. The summed E-state index contributed by atoms with van der Waals surface area (Å²) in [5, 5.41) is 16.1. The first-order chi connectivity index (χ1) is 9.31. The van der Waals surface area contributed by atoms with Crippen LogP contribution in [0.3, 0.4) is 0 Å². The second-order valence-electron chi connectivity index (χ2n) is 3.71. The quantitative estimate of drug-likeness (QED) is 0.627. The Bertz CT molecular complexity index is 594. The number of carbonyl (C=O) groups excluding carboxylic acids is 1. The van der Waals surface area contributed by atoms with Gasteiger partial charge < -0.3 is 14.9 Å². The maximum absolute atomic E-state index is 11.8. The summed E-state index contributed by atoms with van der Waals surface area (Å²) in [5.74, 6) is -1.15. The molecule has 1 rings (SSSR count). The lowest BCUT2D eigenvalue weighted by molar-refractivity contribution is -0.139. The number of carboxylic acid groups (broad SMARTS) is 1. The molecule has 0 saturated heterocycles. The molecule has 1 atom stereocenters. The fraction of sp³-hybridized carbons (Fsp3) is 0.273. The lowest BCUT2D eigenvalue weighted by Crippen LogP contribution is -2.45. The minimum atomic E-state index is -4.56. The normalized spacial score (nSPS) is 12.7. The van der Waals surface area contributed by atoms with Crippen molar-refractivity contribution in [2.24, 2.45) is 0 Å². The Morgan fingerprint density at radius 2 is 1.85 bits per heavy atom. The standard InChI is InChI=1S/C11H13NO7S/c1-19-8-4-2-7(3-5-8)11(16)20(17,18)12-9(6-13)10(14)15/h2-5,9,12-13H,6H2,1H3,(H,14,15). The molecule has 8 nitrogen and oxygen atoms in total. The number of carboxylic acids is 1. The summed E-state index contributed by atoms with van der Waals surface area (Å²) in [4.78, 5) is 22.4. The van der Waals surface area contributed by atoms with Crippen molar-refractivity contribution in [1.82, 2.24) is 4.72 Å². The van der Waals surface area contributed by atoms with Crippen LogP contribution in [0.2, 0.25) is 0 Å². The third kappa shape index (κ3) is 3.76. The molecular weight excluding hydrogens is 290 g/mol. The summed E-state index contributed by atoms with van der Waals surface area (Å²) in [7, 11) is -3.15. The fourth-order valence-corrected chi connectivity index (χ4v) is 2.39. The summed E-state index contributed by atoms with van der Waals surface area (Å²) in [6, 6.07) is 3.47. The number of hydrogen-bond acceptors (Lipinski definition) is 6. The first kappa shape index (κ1) is 16.1. The highest BCUT2D eigenvalue weighted by Gasteiger charge is 2.30. The van der Waals surface area contributed by atoms with E-state index in [1.54, 1.807) is 4.72 Å². The lowest BCUT2D eigenvalue weighted by Gasteiger charge is -2.11. The number of hydrogen-bond donors (Lipinski definition) is 3. The zero-order valence-electron chi connectivity index (χ0n) is 10.4. The minimum absolute atomic E-state index is 0.152. The van der Waals surface area contributed by atoms with Gasteiger partial charge in [-0.05, 0) is 24.3 Å². The predicted molar refractivity (Wildman–Crippen MR) is 67.9 cm³/mol. The summed E-state index contributed by atoms with van der Waals surface area (Å²) in [5.41, 5.74) is -0.152. The monoisotopic (exact) mass is 303 g/mol. The molecule has 0 bridgehead atoms. The average molecular weight is 303 g/mol. The van der Waals surface area contributed by atoms with E-state index in [1.165, 1.54) is 31.4 Å². The molecule has 1 aromatic rings. The highest BCUT2D eigenvalue weighted by molar-refractivity contribution is 8.05. The first-order valence-electron chi connectivity index (χ1n) is 5.36. The molecule has 1 unspecified atom stereocenters. The zero-order valence-corrected chi connectivity index (χ0v) is 11.3. The van der Waals surface area contributed by atoms with Gasteiger partial charge in [-0.2, -0.15) is 4.72 Å². The van der Waals surface area contributed by atoms with E-state index < -0.39 is 33.8 Å². The zero-order chi connectivity index (χ0) is 15.3. The van der Waals surface area contributed by atoms with Crippen molar-refractivity contribution in [1.29, 1.82) is 0 Å². The van der Waals surface area contributed by atoms with Gasteiger partial charge in [0, 0.05) is 5.56 Å². The molecule has 1 aromatic carbocycles. The Balaban J connectivity index is 2.96. The lowest BCUT2D eigenvalue weighted by atomic mass is 10.2. The summed E-state index contributed by atoms with van der Waals surface area (Å²) < 4.78 is 29.9. The van der Waals surface area contributed by atoms with Crippen LogP contribution in [0.1, 0.15) is 10.4 Å². The van der Waals surface area contributed by atoms with Crippen LogP contribution in [0.5, 0.6) is 5.75 Å². The van der Waals surface area contributed by atoms with Crippen molar-refractivity contribution in [3.63, 3.8) is 0 Å². The predicted octanol–water partition coefficient (Wildman–Crippen LogP) is -0.800. The number of benzene rings is 1. The van der Waals surface area contributed by atoms with Crippen LogP contribution >= 0.6 is 0 Å². The Hall–Kier alpha value is -1.97. The van der Waals surface area contributed by atoms with Gasteiger partial charge in [-0.25, -0.2) is 8.42 Å². The maximum Gasteiger partial charge on any atom is 0.324 e. The van der Waals surface area contributed by atoms with E-state index in [1.807, 2.05) is 0 Å². The molecule has 0 amide bonds. The van der Waals surface area contributed by atoms with Gasteiger partial charge >= 0.3 is 5.97 Å². The molecule has 110 valence electrons. The largest absolute Gasteiger partial charge is 0.497 e. The van der Waals surface area contributed by atoms with Crippen molar-refractivity contribution >= 4 is 21.1 Å². The molecule has 0 aliphatic heterocycles. The van der Waals surface area contributed by atoms with Crippen molar-refractivity contribution in [2.75, 3.05) is 13.7 Å². The molecule has 0 heterocycles. The van der Waals surface area contributed by atoms with Crippen LogP contribution < -0.4 is 9.46 Å². The Morgan fingerprint density at radius 1 is 1.30 bits per heavy atom. The number of nitrogens with one attached hydrogen (secondary N) is 1. The van der Waals surface area contributed by atoms with Crippen molar-refractivity contribution < 1.29 is 33.0 Å². The summed E-state index contributed by atoms with van der Waals surface area (Å²) in [6.45, 7) is -0.968. The number of ether oxygens (including phenoxy) is 1. The summed E-state index contributed by atoms with van der Waals surface area (Å²) >= 11 is 0. The number of carbonyl (C=O) groups is 2. The maximum atomic E-state index is 11.8. The molecule has 20 heavy (non-hydrogen) atoms. The number of rotatable bonds is 6. The van der Waals surface area contributed by atoms with Gasteiger partial charge in [0.15, 0.2) is 0 Å². The highest BCUT2D eigenvalue weighted by atomic mass is 32.2. The number of methoxy groups -OCH3 is 1. The Kier molecular flexibility index (Phi) is 5.19. The molecule has 0 fully saturated rings.